The van der Waals surface area contributed by atoms with E-state index < -0.39 is 31.3 Å². The van der Waals surface area contributed by atoms with Gasteiger partial charge in [0.05, 0.1) is 22.4 Å². The quantitative estimate of drug-likeness (QED) is 0.434. The number of nitrogens with two attached hydrogens (primary N) is 1. The van der Waals surface area contributed by atoms with Crippen LogP contribution in [0.2, 0.25) is 0 Å². The average Bonchev–Trinajstić information content (AvgIpc) is 3.25. The zero-order chi connectivity index (χ0) is 29.8. The first kappa shape index (κ1) is 29.6. The highest BCUT2D eigenvalue weighted by Gasteiger charge is 2.52. The summed E-state index contributed by atoms with van der Waals surface area (Å²) >= 11 is 0. The standard InChI is InChI=1S/C33H41B2NO5/c1-30(2)31(3,4)39-34(38-30)25-16-12-22(13-17-25)20-24-10-9-11-27(29(36)37)28(24)21-23-14-18-26(19-15-23)35-40-32(5,6)33(7,8)41-35/h9-19H,20-21H2,1-8H3,(H2,36,37). The fourth-order valence-electron chi connectivity index (χ4n) is 5.21. The van der Waals surface area contributed by atoms with Crippen LogP contribution < -0.4 is 16.7 Å². The Morgan fingerprint density at radius 1 is 0.610 bits per heavy atom. The summed E-state index contributed by atoms with van der Waals surface area (Å²) in [5.41, 5.74) is 11.0. The van der Waals surface area contributed by atoms with Crippen LogP contribution in [-0.2, 0) is 31.5 Å². The van der Waals surface area contributed by atoms with Crippen LogP contribution in [0, 0.1) is 0 Å². The van der Waals surface area contributed by atoms with Gasteiger partial charge in [0.2, 0.25) is 5.91 Å². The molecular weight excluding hydrogens is 512 g/mol. The zero-order valence-corrected chi connectivity index (χ0v) is 25.5. The molecule has 0 bridgehead atoms. The van der Waals surface area contributed by atoms with E-state index in [-0.39, 0.29) is 11.2 Å². The van der Waals surface area contributed by atoms with E-state index in [0.717, 1.165) is 33.2 Å². The lowest BCUT2D eigenvalue weighted by Gasteiger charge is -2.32. The van der Waals surface area contributed by atoms with Gasteiger partial charge < -0.3 is 24.4 Å². The highest BCUT2D eigenvalue weighted by atomic mass is 16.7. The molecule has 2 fully saturated rings. The topological polar surface area (TPSA) is 80.0 Å². The van der Waals surface area contributed by atoms with Crippen LogP contribution in [0.5, 0.6) is 0 Å². The summed E-state index contributed by atoms with van der Waals surface area (Å²) < 4.78 is 24.8. The summed E-state index contributed by atoms with van der Waals surface area (Å²) in [6.45, 7) is 16.4. The van der Waals surface area contributed by atoms with Crippen molar-refractivity contribution in [1.29, 1.82) is 0 Å². The van der Waals surface area contributed by atoms with E-state index in [1.54, 1.807) is 6.07 Å². The van der Waals surface area contributed by atoms with E-state index in [1.165, 1.54) is 0 Å². The molecule has 3 aromatic carbocycles. The van der Waals surface area contributed by atoms with Crippen LogP contribution in [0.1, 0.15) is 88.0 Å². The van der Waals surface area contributed by atoms with Crippen LogP contribution in [0.3, 0.4) is 0 Å². The van der Waals surface area contributed by atoms with E-state index in [4.69, 9.17) is 24.4 Å². The molecule has 0 radical (unpaired) electrons. The Kier molecular flexibility index (Phi) is 7.52. The van der Waals surface area contributed by atoms with Crippen molar-refractivity contribution in [3.8, 4) is 0 Å². The van der Waals surface area contributed by atoms with E-state index in [9.17, 15) is 4.79 Å². The van der Waals surface area contributed by atoms with Crippen molar-refractivity contribution in [2.45, 2.75) is 90.6 Å². The van der Waals surface area contributed by atoms with Crippen molar-refractivity contribution >= 4 is 31.1 Å². The predicted molar refractivity (Wildman–Crippen MR) is 165 cm³/mol. The number of hydrogen-bond acceptors (Lipinski definition) is 5. The molecule has 2 saturated heterocycles. The van der Waals surface area contributed by atoms with Crippen molar-refractivity contribution < 1.29 is 23.4 Å². The van der Waals surface area contributed by atoms with Gasteiger partial charge in [0.1, 0.15) is 0 Å². The van der Waals surface area contributed by atoms with Gasteiger partial charge in [0.15, 0.2) is 0 Å². The molecule has 0 aromatic heterocycles. The molecule has 41 heavy (non-hydrogen) atoms. The van der Waals surface area contributed by atoms with Crippen molar-refractivity contribution in [3.63, 3.8) is 0 Å². The molecule has 0 spiro atoms. The average molecular weight is 553 g/mol. The van der Waals surface area contributed by atoms with Crippen molar-refractivity contribution in [2.24, 2.45) is 5.73 Å². The maximum absolute atomic E-state index is 12.4. The minimum absolute atomic E-state index is 0.386. The fourth-order valence-corrected chi connectivity index (χ4v) is 5.21. The van der Waals surface area contributed by atoms with Crippen LogP contribution >= 0.6 is 0 Å². The van der Waals surface area contributed by atoms with Crippen LogP contribution in [0.15, 0.2) is 66.7 Å². The summed E-state index contributed by atoms with van der Waals surface area (Å²) in [6, 6.07) is 22.3. The normalized spacial score (nSPS) is 20.4. The fraction of sp³-hybridized carbons (Fsp3) is 0.424. The molecule has 0 unspecified atom stereocenters. The first-order valence-electron chi connectivity index (χ1n) is 14.4. The Morgan fingerprint density at radius 2 is 1.00 bits per heavy atom. The first-order chi connectivity index (χ1) is 19.1. The molecular formula is C33H41B2NO5. The second-order valence-corrected chi connectivity index (χ2v) is 13.3. The van der Waals surface area contributed by atoms with Crippen molar-refractivity contribution in [1.82, 2.24) is 0 Å². The number of carbonyl (C=O) groups is 1. The van der Waals surface area contributed by atoms with Gasteiger partial charge in [0, 0.05) is 5.56 Å². The summed E-state index contributed by atoms with van der Waals surface area (Å²) in [5, 5.41) is 0. The summed E-state index contributed by atoms with van der Waals surface area (Å²) in [6.07, 6.45) is 1.26. The zero-order valence-electron chi connectivity index (χ0n) is 25.5. The van der Waals surface area contributed by atoms with E-state index >= 15 is 0 Å². The largest absolute Gasteiger partial charge is 0.494 e. The van der Waals surface area contributed by atoms with Crippen LogP contribution in [0.25, 0.3) is 0 Å². The van der Waals surface area contributed by atoms with Crippen LogP contribution in [-0.4, -0.2) is 42.5 Å². The lowest BCUT2D eigenvalue weighted by molar-refractivity contribution is 0.00578. The lowest BCUT2D eigenvalue weighted by atomic mass is 9.78. The molecule has 2 heterocycles. The highest BCUT2D eigenvalue weighted by Crippen LogP contribution is 2.37. The van der Waals surface area contributed by atoms with Gasteiger partial charge in [-0.25, -0.2) is 0 Å². The molecule has 8 heteroatoms. The Balaban J connectivity index is 1.35. The first-order valence-corrected chi connectivity index (χ1v) is 14.4. The Morgan fingerprint density at radius 3 is 1.39 bits per heavy atom. The van der Waals surface area contributed by atoms with Gasteiger partial charge in [-0.05, 0) is 107 Å². The molecule has 0 atom stereocenters. The molecule has 214 valence electrons. The maximum atomic E-state index is 12.4. The number of amides is 1. The molecule has 2 aliphatic heterocycles. The molecule has 0 saturated carbocycles. The monoisotopic (exact) mass is 553 g/mol. The van der Waals surface area contributed by atoms with Gasteiger partial charge in [-0.15, -0.1) is 0 Å². The van der Waals surface area contributed by atoms with Gasteiger partial charge in [-0.3, -0.25) is 4.79 Å². The van der Waals surface area contributed by atoms with Crippen molar-refractivity contribution in [2.75, 3.05) is 0 Å². The number of hydrogen-bond donors (Lipinski definition) is 1. The second-order valence-electron chi connectivity index (χ2n) is 13.3. The summed E-state index contributed by atoms with van der Waals surface area (Å²) in [4.78, 5) is 12.4. The van der Waals surface area contributed by atoms with Crippen molar-refractivity contribution in [3.05, 3.63) is 94.5 Å². The Labute approximate surface area is 245 Å². The summed E-state index contributed by atoms with van der Waals surface area (Å²) in [7, 11) is -0.814. The van der Waals surface area contributed by atoms with Gasteiger partial charge >= 0.3 is 14.2 Å². The lowest BCUT2D eigenvalue weighted by Crippen LogP contribution is -2.41. The summed E-state index contributed by atoms with van der Waals surface area (Å²) in [5.74, 6) is -0.424. The Bertz CT molecular complexity index is 1400. The number of rotatable bonds is 7. The molecule has 0 aliphatic carbocycles. The molecule has 3 aromatic rings. The molecule has 1 amide bonds. The third-order valence-corrected chi connectivity index (χ3v) is 9.32. The SMILES string of the molecule is CC1(C)OB(c2ccc(Cc3cccc(C(N)=O)c3Cc3ccc(B4OC(C)(C)C(C)(C)O4)cc3)cc2)OC1(C)C. The molecule has 5 rings (SSSR count). The van der Waals surface area contributed by atoms with E-state index in [0.29, 0.717) is 18.4 Å². The predicted octanol–water partition coefficient (Wildman–Crippen LogP) is 4.57. The van der Waals surface area contributed by atoms with Gasteiger partial charge in [0.25, 0.3) is 0 Å². The highest BCUT2D eigenvalue weighted by molar-refractivity contribution is 6.62. The molecule has 2 N–H and O–H groups in total. The van der Waals surface area contributed by atoms with Crippen LogP contribution in [0.4, 0.5) is 0 Å². The second kappa shape index (κ2) is 10.4. The molecule has 6 nitrogen and oxygen atoms in total. The third-order valence-electron chi connectivity index (χ3n) is 9.32. The smallest absolute Gasteiger partial charge is 0.399 e. The number of benzene rings is 3. The van der Waals surface area contributed by atoms with Gasteiger partial charge in [-0.1, -0.05) is 60.7 Å². The minimum Gasteiger partial charge on any atom is -0.399 e. The van der Waals surface area contributed by atoms with E-state index in [2.05, 4.69) is 97.9 Å². The van der Waals surface area contributed by atoms with E-state index in [1.807, 2.05) is 18.2 Å². The maximum Gasteiger partial charge on any atom is 0.494 e. The third kappa shape index (κ3) is 5.76. The van der Waals surface area contributed by atoms with Gasteiger partial charge in [-0.2, -0.15) is 0 Å². The number of carbonyl (C=O) groups excluding carboxylic acids is 1. The molecule has 2 aliphatic rings. The number of primary amides is 1. The Hall–Kier alpha value is -2.90. The minimum atomic E-state index is -0.424.